The molecule has 0 fully saturated rings. The number of benzene rings is 1. The van der Waals surface area contributed by atoms with E-state index in [0.29, 0.717) is 18.7 Å². The van der Waals surface area contributed by atoms with Crippen molar-refractivity contribution in [2.24, 2.45) is 0 Å². The smallest absolute Gasteiger partial charge is 0.266 e. The van der Waals surface area contributed by atoms with Gasteiger partial charge in [-0.05, 0) is 32.0 Å². The van der Waals surface area contributed by atoms with Crippen molar-refractivity contribution in [1.82, 2.24) is 20.1 Å². The molecule has 1 N–H and O–H groups in total. The summed E-state index contributed by atoms with van der Waals surface area (Å²) < 4.78 is 1.37. The zero-order valence-electron chi connectivity index (χ0n) is 14.0. The van der Waals surface area contributed by atoms with Gasteiger partial charge in [-0.25, -0.2) is 9.67 Å². The molecule has 7 heteroatoms. The molecular weight excluding hydrogens is 336 g/mol. The Balaban J connectivity index is 1.70. The minimum atomic E-state index is -0.198. The van der Waals surface area contributed by atoms with Crippen LogP contribution in [0.4, 0.5) is 0 Å². The summed E-state index contributed by atoms with van der Waals surface area (Å²) in [5, 5.41) is 8.17. The van der Waals surface area contributed by atoms with Crippen molar-refractivity contribution < 1.29 is 4.79 Å². The van der Waals surface area contributed by atoms with Crippen LogP contribution in [0.25, 0.3) is 10.6 Å². The highest BCUT2D eigenvalue weighted by Crippen LogP contribution is 2.27. The van der Waals surface area contributed by atoms with Crippen molar-refractivity contribution >= 4 is 17.2 Å². The fourth-order valence-electron chi connectivity index (χ4n) is 2.47. The molecule has 3 aromatic rings. The van der Waals surface area contributed by atoms with Crippen LogP contribution >= 0.6 is 11.3 Å². The van der Waals surface area contributed by atoms with Gasteiger partial charge in [0.2, 0.25) is 0 Å². The van der Waals surface area contributed by atoms with Crippen LogP contribution in [0, 0.1) is 13.8 Å². The largest absolute Gasteiger partial charge is 0.350 e. The van der Waals surface area contributed by atoms with E-state index < -0.39 is 0 Å². The van der Waals surface area contributed by atoms with Crippen LogP contribution in [0.2, 0.25) is 0 Å². The maximum Gasteiger partial charge on any atom is 0.266 e. The molecule has 0 saturated heterocycles. The Bertz CT molecular complexity index is 947. The van der Waals surface area contributed by atoms with Crippen molar-refractivity contribution in [3.8, 4) is 10.6 Å². The van der Waals surface area contributed by atoms with E-state index in [1.807, 2.05) is 32.0 Å². The van der Waals surface area contributed by atoms with Gasteiger partial charge < -0.3 is 5.32 Å². The molecule has 0 unspecified atom stereocenters. The summed E-state index contributed by atoms with van der Waals surface area (Å²) >= 11 is 1.55. The van der Waals surface area contributed by atoms with E-state index in [0.717, 1.165) is 21.3 Å². The standard InChI is InChI=1S/C18H18N4O2S/c1-12-17(25-13(2)20-12)15-8-9-16(23)22(21-15)11-10-19-18(24)14-6-4-3-5-7-14/h3-9H,10-11H2,1-2H3,(H,19,24). The number of hydrogen-bond donors (Lipinski definition) is 1. The van der Waals surface area contributed by atoms with Gasteiger partial charge in [0.1, 0.15) is 5.69 Å². The molecule has 0 saturated carbocycles. The summed E-state index contributed by atoms with van der Waals surface area (Å²) in [5.74, 6) is -0.168. The highest BCUT2D eigenvalue weighted by molar-refractivity contribution is 7.15. The van der Waals surface area contributed by atoms with E-state index in [4.69, 9.17) is 0 Å². The molecule has 0 aliphatic rings. The normalized spacial score (nSPS) is 10.6. The summed E-state index contributed by atoms with van der Waals surface area (Å²) in [5.41, 5.74) is 2.01. The van der Waals surface area contributed by atoms with E-state index >= 15 is 0 Å². The average Bonchev–Trinajstić information content (AvgIpc) is 2.95. The summed E-state index contributed by atoms with van der Waals surface area (Å²) in [6, 6.07) is 12.2. The van der Waals surface area contributed by atoms with E-state index in [2.05, 4.69) is 15.4 Å². The zero-order chi connectivity index (χ0) is 17.8. The first-order valence-electron chi connectivity index (χ1n) is 7.90. The fourth-order valence-corrected chi connectivity index (χ4v) is 3.35. The third kappa shape index (κ3) is 4.00. The molecule has 1 aromatic carbocycles. The molecule has 25 heavy (non-hydrogen) atoms. The Hall–Kier alpha value is -2.80. The van der Waals surface area contributed by atoms with Gasteiger partial charge in [0.05, 0.1) is 22.1 Å². The topological polar surface area (TPSA) is 76.9 Å². The quantitative estimate of drug-likeness (QED) is 0.763. The first kappa shape index (κ1) is 17.0. The number of nitrogens with zero attached hydrogens (tertiary/aromatic N) is 3. The van der Waals surface area contributed by atoms with Gasteiger partial charge in [-0.2, -0.15) is 5.10 Å². The molecule has 0 atom stereocenters. The Morgan fingerprint density at radius 3 is 2.60 bits per heavy atom. The van der Waals surface area contributed by atoms with Crippen molar-refractivity contribution in [3.05, 3.63) is 69.1 Å². The summed E-state index contributed by atoms with van der Waals surface area (Å²) in [6.07, 6.45) is 0. The summed E-state index contributed by atoms with van der Waals surface area (Å²) in [4.78, 5) is 29.4. The predicted molar refractivity (Wildman–Crippen MR) is 97.9 cm³/mol. The van der Waals surface area contributed by atoms with Gasteiger partial charge in [-0.15, -0.1) is 11.3 Å². The SMILES string of the molecule is Cc1nc(C)c(-c2ccc(=O)n(CCNC(=O)c3ccccc3)n2)s1. The minimum absolute atomic E-state index is 0.168. The second kappa shape index (κ2) is 7.40. The van der Waals surface area contributed by atoms with Crippen molar-refractivity contribution in [3.63, 3.8) is 0 Å². The molecule has 0 bridgehead atoms. The summed E-state index contributed by atoms with van der Waals surface area (Å²) in [7, 11) is 0. The molecule has 6 nitrogen and oxygen atoms in total. The molecule has 128 valence electrons. The van der Waals surface area contributed by atoms with Gasteiger partial charge in [-0.3, -0.25) is 9.59 Å². The number of thiazole rings is 1. The molecule has 2 aromatic heterocycles. The number of carbonyl (C=O) groups excluding carboxylic acids is 1. The molecule has 2 heterocycles. The van der Waals surface area contributed by atoms with E-state index in [-0.39, 0.29) is 11.5 Å². The Kier molecular flexibility index (Phi) is 5.04. The van der Waals surface area contributed by atoms with Crippen LogP contribution in [0.15, 0.2) is 47.3 Å². The van der Waals surface area contributed by atoms with Crippen LogP contribution in [0.3, 0.4) is 0 Å². The van der Waals surface area contributed by atoms with Crippen LogP contribution in [-0.2, 0) is 6.54 Å². The average molecular weight is 354 g/mol. The lowest BCUT2D eigenvalue weighted by Gasteiger charge is -2.08. The van der Waals surface area contributed by atoms with Crippen molar-refractivity contribution in [2.75, 3.05) is 6.54 Å². The molecule has 1 amide bonds. The van der Waals surface area contributed by atoms with Gasteiger partial charge >= 0.3 is 0 Å². The fraction of sp³-hybridized carbons (Fsp3) is 0.222. The lowest BCUT2D eigenvalue weighted by Crippen LogP contribution is -2.31. The predicted octanol–water partition coefficient (Wildman–Crippen LogP) is 2.41. The van der Waals surface area contributed by atoms with Gasteiger partial charge in [0.25, 0.3) is 11.5 Å². The molecule has 0 aliphatic heterocycles. The first-order chi connectivity index (χ1) is 12.0. The number of amides is 1. The molecule has 0 radical (unpaired) electrons. The lowest BCUT2D eigenvalue weighted by molar-refractivity contribution is 0.0952. The zero-order valence-corrected chi connectivity index (χ0v) is 14.8. The van der Waals surface area contributed by atoms with Gasteiger partial charge in [0, 0.05) is 18.2 Å². The van der Waals surface area contributed by atoms with Crippen molar-refractivity contribution in [2.45, 2.75) is 20.4 Å². The first-order valence-corrected chi connectivity index (χ1v) is 8.72. The Labute approximate surface area is 149 Å². The summed E-state index contributed by atoms with van der Waals surface area (Å²) in [6.45, 7) is 4.50. The third-order valence-corrected chi connectivity index (χ3v) is 4.74. The van der Waals surface area contributed by atoms with Crippen molar-refractivity contribution in [1.29, 1.82) is 0 Å². The van der Waals surface area contributed by atoms with E-state index in [1.54, 1.807) is 29.5 Å². The van der Waals surface area contributed by atoms with Crippen LogP contribution in [0.1, 0.15) is 21.1 Å². The second-order valence-corrected chi connectivity index (χ2v) is 6.75. The lowest BCUT2D eigenvalue weighted by atomic mass is 10.2. The molecular formula is C18H18N4O2S. The van der Waals surface area contributed by atoms with Gasteiger partial charge in [0.15, 0.2) is 0 Å². The van der Waals surface area contributed by atoms with Crippen LogP contribution in [0.5, 0.6) is 0 Å². The minimum Gasteiger partial charge on any atom is -0.350 e. The van der Waals surface area contributed by atoms with Crippen LogP contribution < -0.4 is 10.9 Å². The Morgan fingerprint density at radius 2 is 1.92 bits per heavy atom. The monoisotopic (exact) mass is 354 g/mol. The molecule has 0 aliphatic carbocycles. The second-order valence-electron chi connectivity index (χ2n) is 5.55. The maximum absolute atomic E-state index is 12.0. The highest BCUT2D eigenvalue weighted by Gasteiger charge is 2.11. The highest BCUT2D eigenvalue weighted by atomic mass is 32.1. The number of hydrogen-bond acceptors (Lipinski definition) is 5. The van der Waals surface area contributed by atoms with E-state index in [9.17, 15) is 9.59 Å². The number of rotatable bonds is 5. The number of aryl methyl sites for hydroxylation is 2. The number of aromatic nitrogens is 3. The Morgan fingerprint density at radius 1 is 1.16 bits per heavy atom. The number of nitrogens with one attached hydrogen (secondary N) is 1. The van der Waals surface area contributed by atoms with Crippen LogP contribution in [-0.4, -0.2) is 27.2 Å². The maximum atomic E-state index is 12.0. The van der Waals surface area contributed by atoms with E-state index in [1.165, 1.54) is 10.7 Å². The molecule has 0 spiro atoms. The molecule has 3 rings (SSSR count). The number of carbonyl (C=O) groups is 1. The third-order valence-electron chi connectivity index (χ3n) is 3.65. The van der Waals surface area contributed by atoms with Gasteiger partial charge in [-0.1, -0.05) is 18.2 Å².